The van der Waals surface area contributed by atoms with E-state index in [9.17, 15) is 0 Å². The summed E-state index contributed by atoms with van der Waals surface area (Å²) >= 11 is 9.79. The quantitative estimate of drug-likeness (QED) is 0.852. The first-order chi connectivity index (χ1) is 9.54. The first-order valence-corrected chi connectivity index (χ1v) is 8.57. The van der Waals surface area contributed by atoms with Gasteiger partial charge in [-0.3, -0.25) is 4.90 Å². The number of hydrogen-bond acceptors (Lipinski definition) is 2. The van der Waals surface area contributed by atoms with E-state index >= 15 is 0 Å². The highest BCUT2D eigenvalue weighted by Crippen LogP contribution is 2.38. The number of nitrogens with zero attached hydrogens (tertiary/aromatic N) is 1. The molecule has 0 saturated carbocycles. The van der Waals surface area contributed by atoms with E-state index in [-0.39, 0.29) is 0 Å². The van der Waals surface area contributed by atoms with E-state index in [0.717, 1.165) is 16.0 Å². The van der Waals surface area contributed by atoms with Crippen LogP contribution >= 0.6 is 27.5 Å². The third-order valence-corrected chi connectivity index (χ3v) is 5.44. The molecule has 2 nitrogen and oxygen atoms in total. The molecule has 0 spiro atoms. The van der Waals surface area contributed by atoms with Gasteiger partial charge in [0.1, 0.15) is 0 Å². The minimum atomic E-state index is 0.460. The first-order valence-electron chi connectivity index (χ1n) is 7.40. The van der Waals surface area contributed by atoms with E-state index < -0.39 is 0 Å². The van der Waals surface area contributed by atoms with Crippen LogP contribution in [0.4, 0.5) is 0 Å². The zero-order valence-corrected chi connectivity index (χ0v) is 14.8. The van der Waals surface area contributed by atoms with E-state index in [0.29, 0.717) is 18.0 Å². The molecule has 1 aromatic carbocycles. The van der Waals surface area contributed by atoms with E-state index in [2.05, 4.69) is 58.2 Å². The molecule has 0 amide bonds. The molecule has 2 rings (SSSR count). The lowest BCUT2D eigenvalue weighted by Gasteiger charge is -2.44. The van der Waals surface area contributed by atoms with Gasteiger partial charge in [-0.2, -0.15) is 0 Å². The molecule has 0 bridgehead atoms. The molecule has 0 aromatic heterocycles. The minimum absolute atomic E-state index is 0.460. The molecule has 2 unspecified atom stereocenters. The fraction of sp³-hybridized carbons (Fsp3) is 0.625. The lowest BCUT2D eigenvalue weighted by Crippen LogP contribution is -2.45. The summed E-state index contributed by atoms with van der Waals surface area (Å²) in [7, 11) is 2.04. The van der Waals surface area contributed by atoms with Gasteiger partial charge in [0.15, 0.2) is 0 Å². The number of likely N-dealkylation sites (tertiary alicyclic amines) is 1. The summed E-state index contributed by atoms with van der Waals surface area (Å²) in [6.07, 6.45) is 2.56. The van der Waals surface area contributed by atoms with E-state index in [1.165, 1.54) is 24.9 Å². The van der Waals surface area contributed by atoms with Gasteiger partial charge in [-0.15, -0.1) is 0 Å². The van der Waals surface area contributed by atoms with Gasteiger partial charge in [-0.25, -0.2) is 0 Å². The molecule has 2 atom stereocenters. The van der Waals surface area contributed by atoms with E-state index in [4.69, 9.17) is 11.6 Å². The summed E-state index contributed by atoms with van der Waals surface area (Å²) < 4.78 is 0.972. The molecule has 20 heavy (non-hydrogen) atoms. The molecule has 4 heteroatoms. The van der Waals surface area contributed by atoms with Crippen molar-refractivity contribution in [1.82, 2.24) is 10.2 Å². The molecule has 1 aromatic rings. The Morgan fingerprint density at radius 3 is 2.80 bits per heavy atom. The van der Waals surface area contributed by atoms with Crippen molar-refractivity contribution in [1.29, 1.82) is 0 Å². The van der Waals surface area contributed by atoms with Crippen LogP contribution < -0.4 is 5.32 Å². The van der Waals surface area contributed by atoms with Gasteiger partial charge in [0.05, 0.1) is 5.02 Å². The van der Waals surface area contributed by atoms with Crippen molar-refractivity contribution in [3.63, 3.8) is 0 Å². The van der Waals surface area contributed by atoms with Crippen LogP contribution in [0, 0.1) is 5.92 Å². The largest absolute Gasteiger partial charge is 0.319 e. The maximum Gasteiger partial charge on any atom is 0.0551 e. The third-order valence-electron chi connectivity index (χ3n) is 4.21. The smallest absolute Gasteiger partial charge is 0.0551 e. The predicted octanol–water partition coefficient (Wildman–Crippen LogP) is 4.48. The van der Waals surface area contributed by atoms with Gasteiger partial charge < -0.3 is 5.32 Å². The third kappa shape index (κ3) is 3.56. The number of halogens is 2. The van der Waals surface area contributed by atoms with Gasteiger partial charge in [0.25, 0.3) is 0 Å². The molecule has 1 aliphatic heterocycles. The summed E-state index contributed by atoms with van der Waals surface area (Å²) in [6, 6.07) is 7.43. The lowest BCUT2D eigenvalue weighted by molar-refractivity contribution is 0.0636. The Balaban J connectivity index is 2.35. The molecular formula is C16H24BrClN2. The second-order valence-electron chi connectivity index (χ2n) is 5.91. The zero-order valence-electron chi connectivity index (χ0n) is 12.5. The first kappa shape index (κ1) is 16.3. The topological polar surface area (TPSA) is 15.3 Å². The minimum Gasteiger partial charge on any atom is -0.319 e. The molecule has 1 N–H and O–H groups in total. The van der Waals surface area contributed by atoms with Gasteiger partial charge in [-0.05, 0) is 86.4 Å². The van der Waals surface area contributed by atoms with E-state index in [1.54, 1.807) is 0 Å². The van der Waals surface area contributed by atoms with Crippen LogP contribution in [-0.2, 0) is 0 Å². The van der Waals surface area contributed by atoms with Crippen molar-refractivity contribution in [3.8, 4) is 0 Å². The number of rotatable bonds is 4. The van der Waals surface area contributed by atoms with Crippen LogP contribution in [0.5, 0.6) is 0 Å². The van der Waals surface area contributed by atoms with Gasteiger partial charge in [0, 0.05) is 16.6 Å². The molecule has 1 fully saturated rings. The van der Waals surface area contributed by atoms with Crippen molar-refractivity contribution < 1.29 is 0 Å². The van der Waals surface area contributed by atoms with Crippen LogP contribution in [-0.4, -0.2) is 31.1 Å². The fourth-order valence-electron chi connectivity index (χ4n) is 3.32. The number of hydrogen-bond donors (Lipinski definition) is 1. The van der Waals surface area contributed by atoms with Crippen molar-refractivity contribution >= 4 is 27.5 Å². The van der Waals surface area contributed by atoms with Crippen molar-refractivity contribution in [2.45, 2.75) is 38.8 Å². The van der Waals surface area contributed by atoms with Crippen LogP contribution in [0.25, 0.3) is 0 Å². The maximum atomic E-state index is 6.30. The fourth-order valence-corrected chi connectivity index (χ4v) is 3.75. The average molecular weight is 360 g/mol. The zero-order chi connectivity index (χ0) is 14.7. The Kier molecular flexibility index (Phi) is 5.91. The Bertz CT molecular complexity index is 448. The normalized spacial score (nSPS) is 24.3. The van der Waals surface area contributed by atoms with Crippen LogP contribution in [0.3, 0.4) is 0 Å². The highest BCUT2D eigenvalue weighted by atomic mass is 79.9. The van der Waals surface area contributed by atoms with Crippen LogP contribution in [0.2, 0.25) is 5.02 Å². The van der Waals surface area contributed by atoms with E-state index in [1.807, 2.05) is 7.05 Å². The molecule has 1 saturated heterocycles. The van der Waals surface area contributed by atoms with Crippen molar-refractivity contribution in [2.24, 2.45) is 5.92 Å². The SMILES string of the molecule is CNCC1CCCN(C(C)C)C1c1ccc(Br)c(Cl)c1. The molecule has 112 valence electrons. The Morgan fingerprint density at radius 2 is 2.20 bits per heavy atom. The highest BCUT2D eigenvalue weighted by molar-refractivity contribution is 9.10. The number of nitrogens with one attached hydrogen (secondary N) is 1. The number of piperidine rings is 1. The van der Waals surface area contributed by atoms with Crippen molar-refractivity contribution in [3.05, 3.63) is 33.3 Å². The lowest BCUT2D eigenvalue weighted by atomic mass is 9.83. The Hall–Kier alpha value is -0.0900. The second kappa shape index (κ2) is 7.26. The molecule has 0 aliphatic carbocycles. The summed E-state index contributed by atoms with van der Waals surface area (Å²) in [5.74, 6) is 0.647. The van der Waals surface area contributed by atoms with Crippen LogP contribution in [0.15, 0.2) is 22.7 Å². The summed E-state index contributed by atoms with van der Waals surface area (Å²) in [6.45, 7) is 6.81. The van der Waals surface area contributed by atoms with Gasteiger partial charge in [-0.1, -0.05) is 17.7 Å². The Labute approximate surface area is 136 Å². The van der Waals surface area contributed by atoms with Crippen molar-refractivity contribution in [2.75, 3.05) is 20.1 Å². The highest BCUT2D eigenvalue weighted by Gasteiger charge is 2.33. The van der Waals surface area contributed by atoms with Gasteiger partial charge in [0.2, 0.25) is 0 Å². The predicted molar refractivity (Wildman–Crippen MR) is 90.4 cm³/mol. The summed E-state index contributed by atoms with van der Waals surface area (Å²) in [5.41, 5.74) is 1.34. The maximum absolute atomic E-state index is 6.30. The Morgan fingerprint density at radius 1 is 1.45 bits per heavy atom. The molecule has 1 aliphatic rings. The number of benzene rings is 1. The standard InChI is InChI=1S/C16H24BrClN2/c1-11(2)20-8-4-5-13(10-19-3)16(20)12-6-7-14(17)15(18)9-12/h6-7,9,11,13,16,19H,4-5,8,10H2,1-3H3. The second-order valence-corrected chi connectivity index (χ2v) is 7.17. The summed E-state index contributed by atoms with van der Waals surface area (Å²) in [4.78, 5) is 2.62. The molecular weight excluding hydrogens is 336 g/mol. The summed E-state index contributed by atoms with van der Waals surface area (Å²) in [5, 5.41) is 4.16. The molecule has 0 radical (unpaired) electrons. The van der Waals surface area contributed by atoms with Gasteiger partial charge >= 0.3 is 0 Å². The molecule has 1 heterocycles. The monoisotopic (exact) mass is 358 g/mol. The van der Waals surface area contributed by atoms with Crippen LogP contribution in [0.1, 0.15) is 38.3 Å². The average Bonchev–Trinajstić information content (AvgIpc) is 2.42.